The highest BCUT2D eigenvalue weighted by molar-refractivity contribution is 7.14. The molecule has 0 fully saturated rings. The average molecular weight is 438 g/mol. The molecule has 0 saturated carbocycles. The zero-order chi connectivity index (χ0) is 22.4. The number of esters is 2. The van der Waals surface area contributed by atoms with Gasteiger partial charge in [-0.05, 0) is 46.8 Å². The monoisotopic (exact) mass is 438 g/mol. The highest BCUT2D eigenvalue weighted by Gasteiger charge is 2.15. The first kappa shape index (κ1) is 21.7. The fraction of sp³-hybridized carbons (Fsp3) is 0.0909. The number of nitrogens with one attached hydrogen (secondary N) is 1. The fourth-order valence-corrected chi connectivity index (χ4v) is 3.47. The normalized spacial score (nSPS) is 10.2. The van der Waals surface area contributed by atoms with Gasteiger partial charge in [0.25, 0.3) is 11.8 Å². The number of anilines is 1. The predicted octanol–water partition coefficient (Wildman–Crippen LogP) is 3.23. The zero-order valence-electron chi connectivity index (χ0n) is 16.4. The van der Waals surface area contributed by atoms with Crippen LogP contribution in [0, 0.1) is 0 Å². The van der Waals surface area contributed by atoms with E-state index in [1.54, 1.807) is 53.9 Å². The van der Waals surface area contributed by atoms with Crippen LogP contribution in [0.3, 0.4) is 0 Å². The molecule has 0 spiro atoms. The highest BCUT2D eigenvalue weighted by atomic mass is 32.1. The van der Waals surface area contributed by atoms with Gasteiger partial charge < -0.3 is 20.5 Å². The molecule has 3 aromatic rings. The van der Waals surface area contributed by atoms with E-state index in [9.17, 15) is 19.2 Å². The number of ether oxygens (including phenoxy) is 2. The molecule has 1 aromatic heterocycles. The van der Waals surface area contributed by atoms with Crippen molar-refractivity contribution in [3.63, 3.8) is 0 Å². The van der Waals surface area contributed by atoms with Crippen molar-refractivity contribution < 1.29 is 28.7 Å². The van der Waals surface area contributed by atoms with Gasteiger partial charge in [0.15, 0.2) is 6.61 Å². The average Bonchev–Trinajstić information content (AvgIpc) is 3.21. The van der Waals surface area contributed by atoms with E-state index in [0.29, 0.717) is 10.8 Å². The van der Waals surface area contributed by atoms with Crippen molar-refractivity contribution in [2.45, 2.75) is 6.92 Å². The summed E-state index contributed by atoms with van der Waals surface area (Å²) in [5, 5.41) is 4.42. The Morgan fingerprint density at radius 1 is 0.935 bits per heavy atom. The summed E-state index contributed by atoms with van der Waals surface area (Å²) in [4.78, 5) is 46.4. The van der Waals surface area contributed by atoms with Gasteiger partial charge in [0.05, 0.1) is 11.1 Å². The van der Waals surface area contributed by atoms with E-state index in [4.69, 9.17) is 15.2 Å². The van der Waals surface area contributed by atoms with Gasteiger partial charge >= 0.3 is 11.9 Å². The van der Waals surface area contributed by atoms with Crippen LogP contribution in [-0.2, 0) is 14.3 Å². The van der Waals surface area contributed by atoms with Gasteiger partial charge in [0.2, 0.25) is 0 Å². The third-order valence-electron chi connectivity index (χ3n) is 4.09. The van der Waals surface area contributed by atoms with E-state index in [0.717, 1.165) is 22.5 Å². The summed E-state index contributed by atoms with van der Waals surface area (Å²) in [5.74, 6) is -1.85. The van der Waals surface area contributed by atoms with Crippen LogP contribution in [0.1, 0.15) is 27.6 Å². The van der Waals surface area contributed by atoms with Crippen LogP contribution in [0.4, 0.5) is 5.00 Å². The summed E-state index contributed by atoms with van der Waals surface area (Å²) in [5.41, 5.74) is 7.42. The number of hydrogen-bond acceptors (Lipinski definition) is 7. The van der Waals surface area contributed by atoms with Crippen molar-refractivity contribution in [2.24, 2.45) is 5.73 Å². The van der Waals surface area contributed by atoms with Crippen molar-refractivity contribution in [2.75, 3.05) is 11.9 Å². The van der Waals surface area contributed by atoms with E-state index < -0.39 is 30.4 Å². The first-order chi connectivity index (χ1) is 14.8. The first-order valence-corrected chi connectivity index (χ1v) is 9.94. The highest BCUT2D eigenvalue weighted by Crippen LogP contribution is 2.24. The molecule has 9 heteroatoms. The fourth-order valence-electron chi connectivity index (χ4n) is 2.66. The quantitative estimate of drug-likeness (QED) is 0.431. The van der Waals surface area contributed by atoms with Gasteiger partial charge in [-0.15, -0.1) is 11.3 Å². The van der Waals surface area contributed by atoms with Crippen LogP contribution in [-0.4, -0.2) is 30.4 Å². The Bertz CT molecular complexity index is 1120. The summed E-state index contributed by atoms with van der Waals surface area (Å²) >= 11 is 1.14. The number of nitrogens with two attached hydrogens (primary N) is 1. The SMILES string of the molecule is CC(=O)Oc1ccc(-c2ccc(C(=O)OCC(=O)Nc3sccc3C(N)=O)cc2)cc1. The Labute approximate surface area is 181 Å². The second-order valence-corrected chi connectivity index (χ2v) is 7.26. The van der Waals surface area contributed by atoms with Gasteiger partial charge in [-0.2, -0.15) is 0 Å². The molecule has 0 aliphatic heterocycles. The third kappa shape index (κ3) is 5.77. The number of carbonyl (C=O) groups is 4. The molecule has 2 amide bonds. The number of thiophene rings is 1. The van der Waals surface area contributed by atoms with E-state index in [1.165, 1.54) is 13.0 Å². The molecule has 3 N–H and O–H groups in total. The maximum atomic E-state index is 12.2. The summed E-state index contributed by atoms with van der Waals surface area (Å²) in [7, 11) is 0. The smallest absolute Gasteiger partial charge is 0.338 e. The molecule has 0 bridgehead atoms. The van der Waals surface area contributed by atoms with Crippen LogP contribution in [0.25, 0.3) is 11.1 Å². The summed E-state index contributed by atoms with van der Waals surface area (Å²) in [6, 6.07) is 15.1. The van der Waals surface area contributed by atoms with E-state index >= 15 is 0 Å². The van der Waals surface area contributed by atoms with Crippen molar-refractivity contribution in [1.29, 1.82) is 0 Å². The number of benzene rings is 2. The molecule has 0 atom stereocenters. The van der Waals surface area contributed by atoms with Gasteiger partial charge in [-0.3, -0.25) is 14.4 Å². The number of rotatable bonds is 7. The molecule has 8 nitrogen and oxygen atoms in total. The number of primary amides is 1. The first-order valence-electron chi connectivity index (χ1n) is 9.06. The molecular formula is C22H18N2O6S. The topological polar surface area (TPSA) is 125 Å². The molecule has 0 aliphatic rings. The van der Waals surface area contributed by atoms with Crippen molar-refractivity contribution >= 4 is 40.1 Å². The molecule has 0 saturated heterocycles. The van der Waals surface area contributed by atoms with Crippen LogP contribution >= 0.6 is 11.3 Å². The third-order valence-corrected chi connectivity index (χ3v) is 4.92. The lowest BCUT2D eigenvalue weighted by Crippen LogP contribution is -2.22. The van der Waals surface area contributed by atoms with E-state index in [2.05, 4.69) is 5.32 Å². The zero-order valence-corrected chi connectivity index (χ0v) is 17.2. The summed E-state index contributed by atoms with van der Waals surface area (Å²) in [6.45, 7) is 0.824. The molecule has 2 aromatic carbocycles. The Balaban J connectivity index is 1.56. The van der Waals surface area contributed by atoms with Gasteiger partial charge in [-0.1, -0.05) is 24.3 Å². The minimum absolute atomic E-state index is 0.196. The Kier molecular flexibility index (Phi) is 6.78. The van der Waals surface area contributed by atoms with Crippen LogP contribution < -0.4 is 15.8 Å². The second-order valence-electron chi connectivity index (χ2n) is 6.35. The maximum absolute atomic E-state index is 12.2. The lowest BCUT2D eigenvalue weighted by atomic mass is 10.0. The van der Waals surface area contributed by atoms with E-state index in [-0.39, 0.29) is 11.1 Å². The minimum atomic E-state index is -0.659. The van der Waals surface area contributed by atoms with Crippen molar-refractivity contribution in [3.8, 4) is 16.9 Å². The largest absolute Gasteiger partial charge is 0.452 e. The summed E-state index contributed by atoms with van der Waals surface area (Å²) < 4.78 is 10.0. The lowest BCUT2D eigenvalue weighted by Gasteiger charge is -2.08. The molecule has 0 radical (unpaired) electrons. The minimum Gasteiger partial charge on any atom is -0.452 e. The Hall–Kier alpha value is -3.98. The lowest BCUT2D eigenvalue weighted by molar-refractivity contribution is -0.131. The van der Waals surface area contributed by atoms with Gasteiger partial charge in [-0.25, -0.2) is 4.79 Å². The number of carbonyl (C=O) groups excluding carboxylic acids is 4. The van der Waals surface area contributed by atoms with Crippen LogP contribution in [0.2, 0.25) is 0 Å². The molecule has 0 aliphatic carbocycles. The summed E-state index contributed by atoms with van der Waals surface area (Å²) in [6.07, 6.45) is 0. The van der Waals surface area contributed by atoms with Crippen molar-refractivity contribution in [3.05, 3.63) is 71.1 Å². The molecule has 3 rings (SSSR count). The molecule has 158 valence electrons. The molecular weight excluding hydrogens is 420 g/mol. The van der Waals surface area contributed by atoms with Crippen molar-refractivity contribution in [1.82, 2.24) is 0 Å². The van der Waals surface area contributed by atoms with E-state index in [1.807, 2.05) is 0 Å². The maximum Gasteiger partial charge on any atom is 0.338 e. The van der Waals surface area contributed by atoms with Crippen LogP contribution in [0.5, 0.6) is 5.75 Å². The standard InChI is InChI=1S/C22H18N2O6S/c1-13(25)30-17-8-6-15(7-9-17)14-2-4-16(5-3-14)22(28)29-12-19(26)24-21-18(20(23)27)10-11-31-21/h2-11H,12H2,1H3,(H2,23,27)(H,24,26). The van der Waals surface area contributed by atoms with Gasteiger partial charge in [0, 0.05) is 6.92 Å². The molecule has 0 unspecified atom stereocenters. The van der Waals surface area contributed by atoms with Crippen LogP contribution in [0.15, 0.2) is 60.0 Å². The number of amides is 2. The number of hydrogen-bond donors (Lipinski definition) is 2. The molecule has 31 heavy (non-hydrogen) atoms. The Morgan fingerprint density at radius 2 is 1.55 bits per heavy atom. The molecule has 1 heterocycles. The van der Waals surface area contributed by atoms with Gasteiger partial charge in [0.1, 0.15) is 10.8 Å². The Morgan fingerprint density at radius 3 is 2.13 bits per heavy atom. The second kappa shape index (κ2) is 9.68. The predicted molar refractivity (Wildman–Crippen MR) is 115 cm³/mol.